The summed E-state index contributed by atoms with van der Waals surface area (Å²) in [6.07, 6.45) is 0.701. The molecule has 0 spiro atoms. The predicted octanol–water partition coefficient (Wildman–Crippen LogP) is 1.60. The number of rotatable bonds is 3. The number of anilines is 2. The molecule has 0 heterocycles. The number of aromatic hydroxyl groups is 1. The van der Waals surface area contributed by atoms with Crippen molar-refractivity contribution in [3.63, 3.8) is 0 Å². The van der Waals surface area contributed by atoms with E-state index in [-0.39, 0.29) is 11.4 Å². The van der Waals surface area contributed by atoms with Gasteiger partial charge in [-0.3, -0.25) is 9.59 Å². The largest absolute Gasteiger partial charge is 0.505 e. The Morgan fingerprint density at radius 3 is 2.53 bits per heavy atom. The minimum atomic E-state index is -0.524. The first kappa shape index (κ1) is 11.4. The Morgan fingerprint density at radius 2 is 1.94 bits per heavy atom. The van der Waals surface area contributed by atoms with Gasteiger partial charge in [-0.25, -0.2) is 0 Å². The van der Waals surface area contributed by atoms with Crippen molar-refractivity contribution in [1.82, 2.24) is 0 Å². The average molecular weight is 231 g/mol. The molecule has 0 aromatic heterocycles. The summed E-state index contributed by atoms with van der Waals surface area (Å²) in [5.74, 6) is 0.127. The van der Waals surface area contributed by atoms with Crippen LogP contribution >= 0.6 is 0 Å². The summed E-state index contributed by atoms with van der Waals surface area (Å²) in [5.41, 5.74) is 0.961. The highest BCUT2D eigenvalue weighted by Crippen LogP contribution is 2.30. The Balaban J connectivity index is 2.38. The summed E-state index contributed by atoms with van der Waals surface area (Å²) in [5, 5.41) is 12.7. The van der Waals surface area contributed by atoms with Crippen LogP contribution in [0.4, 0.5) is 11.4 Å². The number of phenolic OH excluding ortho intramolecular Hbond substituents is 1. The molecule has 17 heavy (non-hydrogen) atoms. The molecule has 4 nitrogen and oxygen atoms in total. The van der Waals surface area contributed by atoms with Crippen molar-refractivity contribution in [2.75, 3.05) is 5.32 Å². The fourth-order valence-electron chi connectivity index (χ4n) is 1.77. The lowest BCUT2D eigenvalue weighted by molar-refractivity contribution is 0.471. The van der Waals surface area contributed by atoms with Crippen LogP contribution in [-0.2, 0) is 6.42 Å². The normalized spacial score (nSPS) is 10.7. The summed E-state index contributed by atoms with van der Waals surface area (Å²) in [6.45, 7) is 3.52. The van der Waals surface area contributed by atoms with Gasteiger partial charge in [0.05, 0.1) is 11.4 Å². The second kappa shape index (κ2) is 4.05. The van der Waals surface area contributed by atoms with Crippen LogP contribution in [0.5, 0.6) is 5.75 Å². The molecule has 0 saturated heterocycles. The van der Waals surface area contributed by atoms with Crippen LogP contribution < -0.4 is 16.2 Å². The lowest BCUT2D eigenvalue weighted by atomic mass is 10.1. The van der Waals surface area contributed by atoms with Crippen LogP contribution in [0.2, 0.25) is 0 Å². The fraction of sp³-hybridized carbons (Fsp3) is 0.231. The number of hydrogen-bond acceptors (Lipinski definition) is 4. The molecule has 0 aliphatic rings. The Bertz CT molecular complexity index is 636. The van der Waals surface area contributed by atoms with Gasteiger partial charge in [0.2, 0.25) is 10.9 Å². The summed E-state index contributed by atoms with van der Waals surface area (Å²) >= 11 is 0. The van der Waals surface area contributed by atoms with E-state index in [0.29, 0.717) is 17.7 Å². The third-order valence-electron chi connectivity index (χ3n) is 2.91. The van der Waals surface area contributed by atoms with E-state index in [4.69, 9.17) is 0 Å². The lowest BCUT2D eigenvalue weighted by Crippen LogP contribution is -2.36. The Hall–Kier alpha value is -2.10. The monoisotopic (exact) mass is 231 g/mol. The van der Waals surface area contributed by atoms with Gasteiger partial charge in [0.15, 0.2) is 0 Å². The zero-order valence-electron chi connectivity index (χ0n) is 9.70. The van der Waals surface area contributed by atoms with E-state index in [0.717, 1.165) is 5.56 Å². The van der Waals surface area contributed by atoms with Crippen molar-refractivity contribution >= 4 is 11.4 Å². The van der Waals surface area contributed by atoms with E-state index in [1.54, 1.807) is 19.1 Å². The summed E-state index contributed by atoms with van der Waals surface area (Å²) in [6, 6.07) is 5.28. The minimum Gasteiger partial charge on any atom is -0.505 e. The highest BCUT2D eigenvalue weighted by atomic mass is 16.3. The number of nitrogens with one attached hydrogen (secondary N) is 1. The van der Waals surface area contributed by atoms with E-state index in [2.05, 4.69) is 5.32 Å². The van der Waals surface area contributed by atoms with Crippen LogP contribution in [0.15, 0.2) is 27.8 Å². The first-order valence-corrected chi connectivity index (χ1v) is 5.44. The fourth-order valence-corrected chi connectivity index (χ4v) is 1.77. The maximum absolute atomic E-state index is 11.3. The molecule has 2 aromatic rings. The molecule has 0 unspecified atom stereocenters. The predicted molar refractivity (Wildman–Crippen MR) is 66.9 cm³/mol. The van der Waals surface area contributed by atoms with Crippen molar-refractivity contribution in [3.05, 3.63) is 49.8 Å². The van der Waals surface area contributed by atoms with Crippen LogP contribution in [0.1, 0.15) is 18.1 Å². The van der Waals surface area contributed by atoms with Crippen LogP contribution in [0.25, 0.3) is 0 Å². The van der Waals surface area contributed by atoms with Gasteiger partial charge >= 0.3 is 0 Å². The molecule has 0 amide bonds. The van der Waals surface area contributed by atoms with Crippen LogP contribution in [0.3, 0.4) is 0 Å². The Morgan fingerprint density at radius 1 is 1.24 bits per heavy atom. The average Bonchev–Trinajstić information content (AvgIpc) is 2.36. The summed E-state index contributed by atoms with van der Waals surface area (Å²) in [7, 11) is 0. The number of phenols is 1. The van der Waals surface area contributed by atoms with Crippen molar-refractivity contribution in [2.24, 2.45) is 0 Å². The summed E-state index contributed by atoms with van der Waals surface area (Å²) in [4.78, 5) is 22.4. The number of para-hydroxylation sites is 1. The molecule has 2 N–H and O–H groups in total. The second-order valence-corrected chi connectivity index (χ2v) is 3.95. The van der Waals surface area contributed by atoms with Gasteiger partial charge in [0.1, 0.15) is 5.75 Å². The lowest BCUT2D eigenvalue weighted by Gasteiger charge is -2.13. The van der Waals surface area contributed by atoms with Gasteiger partial charge in [-0.15, -0.1) is 0 Å². The summed E-state index contributed by atoms with van der Waals surface area (Å²) < 4.78 is 0. The molecular weight excluding hydrogens is 218 g/mol. The third kappa shape index (κ3) is 1.71. The first-order valence-electron chi connectivity index (χ1n) is 5.44. The van der Waals surface area contributed by atoms with Gasteiger partial charge in [-0.2, -0.15) is 0 Å². The van der Waals surface area contributed by atoms with Gasteiger partial charge in [0, 0.05) is 5.56 Å². The van der Waals surface area contributed by atoms with E-state index >= 15 is 0 Å². The molecule has 0 radical (unpaired) electrons. The Labute approximate surface area is 98.2 Å². The number of hydrogen-bond donors (Lipinski definition) is 2. The Kier molecular flexibility index (Phi) is 2.71. The van der Waals surface area contributed by atoms with Crippen molar-refractivity contribution in [3.8, 4) is 5.75 Å². The van der Waals surface area contributed by atoms with Gasteiger partial charge < -0.3 is 10.4 Å². The first-order chi connectivity index (χ1) is 8.06. The van der Waals surface area contributed by atoms with Gasteiger partial charge in [-0.1, -0.05) is 19.1 Å². The molecule has 0 fully saturated rings. The van der Waals surface area contributed by atoms with E-state index < -0.39 is 10.9 Å². The zero-order valence-corrected chi connectivity index (χ0v) is 9.70. The maximum Gasteiger partial charge on any atom is 0.249 e. The topological polar surface area (TPSA) is 66.4 Å². The van der Waals surface area contributed by atoms with E-state index in [1.807, 2.05) is 13.0 Å². The highest BCUT2D eigenvalue weighted by molar-refractivity contribution is 5.71. The van der Waals surface area contributed by atoms with Crippen molar-refractivity contribution in [1.29, 1.82) is 0 Å². The minimum absolute atomic E-state index is 0.127. The molecule has 4 heteroatoms. The van der Waals surface area contributed by atoms with Crippen LogP contribution in [-0.4, -0.2) is 5.11 Å². The number of benzene rings is 1. The molecular formula is C13H13NO3. The second-order valence-electron chi connectivity index (χ2n) is 3.95. The molecule has 0 aliphatic heterocycles. The van der Waals surface area contributed by atoms with E-state index in [9.17, 15) is 14.7 Å². The standard InChI is InChI=1S/C13H13NO3/c1-3-8-5-4-6-9(12(8)16)14-10-7(2)11(15)13(10)17/h4-6,14,16H,3H2,1-2H3. The quantitative estimate of drug-likeness (QED) is 0.622. The maximum atomic E-state index is 11.3. The third-order valence-corrected chi connectivity index (χ3v) is 2.91. The van der Waals surface area contributed by atoms with Crippen molar-refractivity contribution in [2.45, 2.75) is 20.3 Å². The molecule has 0 bridgehead atoms. The molecule has 0 saturated carbocycles. The highest BCUT2D eigenvalue weighted by Gasteiger charge is 2.18. The molecule has 2 aromatic carbocycles. The molecule has 88 valence electrons. The molecule has 2 rings (SSSR count). The molecule has 0 atom stereocenters. The van der Waals surface area contributed by atoms with Gasteiger partial charge in [-0.05, 0) is 25.0 Å². The SMILES string of the molecule is CCc1cccc(Nc2c(C)c(=O)c2=O)c1O. The van der Waals surface area contributed by atoms with Crippen molar-refractivity contribution < 1.29 is 5.11 Å². The smallest absolute Gasteiger partial charge is 0.249 e. The van der Waals surface area contributed by atoms with Crippen LogP contribution in [0, 0.1) is 6.92 Å². The van der Waals surface area contributed by atoms with Gasteiger partial charge in [0.25, 0.3) is 0 Å². The zero-order chi connectivity index (χ0) is 12.6. The number of aryl methyl sites for hydroxylation is 1. The molecule has 0 aliphatic carbocycles. The van der Waals surface area contributed by atoms with E-state index in [1.165, 1.54) is 0 Å².